The second kappa shape index (κ2) is 6.80. The number of ketones is 1. The predicted octanol–water partition coefficient (Wildman–Crippen LogP) is 4.69. The summed E-state index contributed by atoms with van der Waals surface area (Å²) in [6.45, 7) is 0.995. The molecular formula is C17H18ClNO2S. The quantitative estimate of drug-likeness (QED) is 0.576. The van der Waals surface area contributed by atoms with Crippen LogP contribution in [0.15, 0.2) is 40.9 Å². The van der Waals surface area contributed by atoms with Crippen LogP contribution >= 0.6 is 23.4 Å². The van der Waals surface area contributed by atoms with E-state index in [2.05, 4.69) is 11.1 Å². The van der Waals surface area contributed by atoms with E-state index in [-0.39, 0.29) is 5.78 Å². The van der Waals surface area contributed by atoms with Crippen LogP contribution in [0.25, 0.3) is 0 Å². The lowest BCUT2D eigenvalue weighted by atomic mass is 9.85. The fraction of sp³-hybridized carbons (Fsp3) is 0.353. The molecule has 0 spiro atoms. The lowest BCUT2D eigenvalue weighted by molar-refractivity contribution is 0.104. The summed E-state index contributed by atoms with van der Waals surface area (Å²) < 4.78 is 5.26. The number of allylic oxidation sites excluding steroid dienone is 1. The molecule has 1 aliphatic heterocycles. The third kappa shape index (κ3) is 3.33. The highest BCUT2D eigenvalue weighted by Crippen LogP contribution is 2.35. The van der Waals surface area contributed by atoms with Gasteiger partial charge in [0.15, 0.2) is 5.78 Å². The smallest absolute Gasteiger partial charge is 0.192 e. The van der Waals surface area contributed by atoms with E-state index in [4.69, 9.17) is 16.3 Å². The summed E-state index contributed by atoms with van der Waals surface area (Å²) in [7, 11) is 1.56. The Morgan fingerprint density at radius 2 is 2.32 bits per heavy atom. The Labute approximate surface area is 140 Å². The summed E-state index contributed by atoms with van der Waals surface area (Å²) >= 11 is 7.58. The van der Waals surface area contributed by atoms with Crippen LogP contribution < -0.4 is 4.74 Å². The lowest BCUT2D eigenvalue weighted by Gasteiger charge is -2.30. The molecule has 3 rings (SSSR count). The van der Waals surface area contributed by atoms with Crippen molar-refractivity contribution in [3.63, 3.8) is 0 Å². The standard InChI is InChI=1S/C17H18ClNO2S/c1-21-16-6-5-13(18)9-14(16)15(20)10-17-19(7-8-22-17)11-12-3-2-4-12/h5-10,12H,2-4,11H2,1H3. The van der Waals surface area contributed by atoms with Crippen LogP contribution in [0.4, 0.5) is 0 Å². The number of carbonyl (C=O) groups excluding carboxylic acids is 1. The molecule has 0 N–H and O–H groups in total. The number of carbonyl (C=O) groups is 1. The lowest BCUT2D eigenvalue weighted by Crippen LogP contribution is -2.26. The molecular weight excluding hydrogens is 318 g/mol. The van der Waals surface area contributed by atoms with Crippen molar-refractivity contribution in [3.05, 3.63) is 51.5 Å². The van der Waals surface area contributed by atoms with Crippen molar-refractivity contribution in [1.29, 1.82) is 0 Å². The summed E-state index contributed by atoms with van der Waals surface area (Å²) in [5.74, 6) is 1.22. The van der Waals surface area contributed by atoms with Crippen molar-refractivity contribution in [2.24, 2.45) is 5.92 Å². The molecule has 0 amide bonds. The van der Waals surface area contributed by atoms with Crippen LogP contribution in [-0.4, -0.2) is 24.3 Å². The zero-order valence-corrected chi connectivity index (χ0v) is 14.0. The van der Waals surface area contributed by atoms with E-state index in [1.165, 1.54) is 19.3 Å². The van der Waals surface area contributed by atoms with E-state index in [0.717, 1.165) is 17.5 Å². The molecule has 2 aliphatic rings. The van der Waals surface area contributed by atoms with Gasteiger partial charge in [0.1, 0.15) is 5.75 Å². The van der Waals surface area contributed by atoms with E-state index in [0.29, 0.717) is 16.3 Å². The van der Waals surface area contributed by atoms with Crippen LogP contribution in [0, 0.1) is 5.92 Å². The summed E-state index contributed by atoms with van der Waals surface area (Å²) in [6.07, 6.45) is 7.64. The SMILES string of the molecule is COc1ccc(Cl)cc1C(=O)C=C1SC=CN1CC1CCC1. The molecule has 1 saturated carbocycles. The largest absolute Gasteiger partial charge is 0.496 e. The zero-order chi connectivity index (χ0) is 15.5. The van der Waals surface area contributed by atoms with Crippen molar-refractivity contribution >= 4 is 29.1 Å². The third-order valence-corrected chi connectivity index (χ3v) is 5.16. The Bertz CT molecular complexity index is 638. The van der Waals surface area contributed by atoms with E-state index in [9.17, 15) is 4.79 Å². The maximum atomic E-state index is 12.6. The molecule has 22 heavy (non-hydrogen) atoms. The first-order chi connectivity index (χ1) is 10.7. The second-order valence-electron chi connectivity index (χ2n) is 5.54. The predicted molar refractivity (Wildman–Crippen MR) is 91.2 cm³/mol. The van der Waals surface area contributed by atoms with Gasteiger partial charge in [-0.2, -0.15) is 0 Å². The van der Waals surface area contributed by atoms with Gasteiger partial charge in [0, 0.05) is 23.8 Å². The first-order valence-electron chi connectivity index (χ1n) is 7.37. The highest BCUT2D eigenvalue weighted by Gasteiger charge is 2.23. The number of thioether (sulfide) groups is 1. The molecule has 116 valence electrons. The zero-order valence-electron chi connectivity index (χ0n) is 12.4. The van der Waals surface area contributed by atoms with Gasteiger partial charge >= 0.3 is 0 Å². The average molecular weight is 336 g/mol. The van der Waals surface area contributed by atoms with Gasteiger partial charge in [-0.15, -0.1) is 0 Å². The monoisotopic (exact) mass is 335 g/mol. The molecule has 0 aromatic heterocycles. The number of methoxy groups -OCH3 is 1. The number of ether oxygens (including phenoxy) is 1. The number of hydrogen-bond donors (Lipinski definition) is 0. The number of halogens is 1. The molecule has 0 saturated heterocycles. The van der Waals surface area contributed by atoms with Crippen molar-refractivity contribution in [2.45, 2.75) is 19.3 Å². The van der Waals surface area contributed by atoms with Crippen molar-refractivity contribution < 1.29 is 9.53 Å². The summed E-state index contributed by atoms with van der Waals surface area (Å²) in [5.41, 5.74) is 0.499. The van der Waals surface area contributed by atoms with Gasteiger partial charge in [-0.3, -0.25) is 4.79 Å². The van der Waals surface area contributed by atoms with E-state index in [1.807, 2.05) is 5.41 Å². The van der Waals surface area contributed by atoms with Gasteiger partial charge in [-0.25, -0.2) is 0 Å². The normalized spacial score (nSPS) is 19.5. The molecule has 0 radical (unpaired) electrons. The molecule has 1 aromatic carbocycles. The maximum Gasteiger partial charge on any atom is 0.192 e. The molecule has 0 unspecified atom stereocenters. The fourth-order valence-corrected chi connectivity index (χ4v) is 3.56. The van der Waals surface area contributed by atoms with Gasteiger partial charge in [0.05, 0.1) is 17.7 Å². The molecule has 0 atom stereocenters. The first kappa shape index (κ1) is 15.5. The first-order valence-corrected chi connectivity index (χ1v) is 8.62. The fourth-order valence-electron chi connectivity index (χ4n) is 2.60. The Morgan fingerprint density at radius 1 is 1.50 bits per heavy atom. The summed E-state index contributed by atoms with van der Waals surface area (Å²) in [4.78, 5) is 14.7. The topological polar surface area (TPSA) is 29.5 Å². The average Bonchev–Trinajstić information content (AvgIpc) is 2.90. The van der Waals surface area contributed by atoms with Crippen molar-refractivity contribution in [2.75, 3.05) is 13.7 Å². The summed E-state index contributed by atoms with van der Waals surface area (Å²) in [5, 5.41) is 3.53. The van der Waals surface area contributed by atoms with Gasteiger partial charge in [0.2, 0.25) is 0 Å². The summed E-state index contributed by atoms with van der Waals surface area (Å²) in [6, 6.07) is 5.10. The van der Waals surface area contributed by atoms with E-state index >= 15 is 0 Å². The van der Waals surface area contributed by atoms with Crippen molar-refractivity contribution in [1.82, 2.24) is 4.90 Å². The van der Waals surface area contributed by atoms with Crippen LogP contribution in [0.1, 0.15) is 29.6 Å². The van der Waals surface area contributed by atoms with Crippen molar-refractivity contribution in [3.8, 4) is 5.75 Å². The molecule has 1 aliphatic carbocycles. The maximum absolute atomic E-state index is 12.6. The minimum absolute atomic E-state index is 0.0795. The molecule has 3 nitrogen and oxygen atoms in total. The molecule has 1 heterocycles. The number of rotatable bonds is 5. The Balaban J connectivity index is 1.78. The molecule has 1 aromatic rings. The highest BCUT2D eigenvalue weighted by molar-refractivity contribution is 8.06. The van der Waals surface area contributed by atoms with Gasteiger partial charge in [0.25, 0.3) is 0 Å². The van der Waals surface area contributed by atoms with Crippen LogP contribution in [0.2, 0.25) is 5.02 Å². The number of hydrogen-bond acceptors (Lipinski definition) is 4. The molecule has 0 bridgehead atoms. The van der Waals surface area contributed by atoms with Crippen LogP contribution in [0.5, 0.6) is 5.75 Å². The third-order valence-electron chi connectivity index (χ3n) is 4.07. The van der Waals surface area contributed by atoms with E-state index < -0.39 is 0 Å². The Kier molecular flexibility index (Phi) is 4.79. The van der Waals surface area contributed by atoms with Gasteiger partial charge in [-0.05, 0) is 42.4 Å². The van der Waals surface area contributed by atoms with Crippen LogP contribution in [-0.2, 0) is 0 Å². The van der Waals surface area contributed by atoms with Crippen LogP contribution in [0.3, 0.4) is 0 Å². The molecule has 5 heteroatoms. The second-order valence-corrected chi connectivity index (χ2v) is 6.91. The Hall–Kier alpha value is -1.39. The van der Waals surface area contributed by atoms with Gasteiger partial charge < -0.3 is 9.64 Å². The highest BCUT2D eigenvalue weighted by atomic mass is 35.5. The van der Waals surface area contributed by atoms with Gasteiger partial charge in [-0.1, -0.05) is 29.8 Å². The minimum Gasteiger partial charge on any atom is -0.496 e. The number of benzene rings is 1. The minimum atomic E-state index is -0.0795. The van der Waals surface area contributed by atoms with E-state index in [1.54, 1.807) is 43.1 Å². The number of nitrogens with zero attached hydrogens (tertiary/aromatic N) is 1. The molecule has 1 fully saturated rings. The Morgan fingerprint density at radius 3 is 3.00 bits per heavy atom.